The Labute approximate surface area is 131 Å². The standard InChI is InChI=1S/C14H22N4O3S/c1-10-8-12(5-6-13(15)19)17-14(16-10)11-4-3-7-18(9-11)22(2,20)21/h8,11H,3-7,9H2,1-2H3,(H2,15,19). The minimum atomic E-state index is -3.19. The van der Waals surface area contributed by atoms with Crippen LogP contribution in [0.15, 0.2) is 6.07 Å². The van der Waals surface area contributed by atoms with Gasteiger partial charge in [0.05, 0.1) is 6.26 Å². The van der Waals surface area contributed by atoms with Gasteiger partial charge in [-0.2, -0.15) is 0 Å². The van der Waals surface area contributed by atoms with Crippen molar-refractivity contribution in [2.24, 2.45) is 5.73 Å². The zero-order chi connectivity index (χ0) is 16.3. The minimum Gasteiger partial charge on any atom is -0.370 e. The summed E-state index contributed by atoms with van der Waals surface area (Å²) in [7, 11) is -3.19. The van der Waals surface area contributed by atoms with Gasteiger partial charge in [-0.05, 0) is 32.3 Å². The van der Waals surface area contributed by atoms with Crippen LogP contribution in [0.4, 0.5) is 0 Å². The summed E-state index contributed by atoms with van der Waals surface area (Å²) < 4.78 is 24.9. The molecule has 0 radical (unpaired) electrons. The molecule has 1 amide bonds. The van der Waals surface area contributed by atoms with Crippen LogP contribution in [-0.4, -0.2) is 47.9 Å². The molecule has 122 valence electrons. The van der Waals surface area contributed by atoms with Crippen LogP contribution in [0.3, 0.4) is 0 Å². The van der Waals surface area contributed by atoms with Crippen LogP contribution in [0.2, 0.25) is 0 Å². The first-order chi connectivity index (χ1) is 10.3. The molecule has 2 heterocycles. The maximum atomic E-state index is 11.7. The van der Waals surface area contributed by atoms with Gasteiger partial charge >= 0.3 is 0 Å². The molecule has 0 aliphatic carbocycles. The van der Waals surface area contributed by atoms with Crippen molar-refractivity contribution in [3.63, 3.8) is 0 Å². The van der Waals surface area contributed by atoms with Gasteiger partial charge < -0.3 is 5.73 Å². The number of hydrogen-bond donors (Lipinski definition) is 1. The quantitative estimate of drug-likeness (QED) is 0.840. The summed E-state index contributed by atoms with van der Waals surface area (Å²) in [6, 6.07) is 1.84. The normalized spacial score (nSPS) is 20.0. The van der Waals surface area contributed by atoms with Gasteiger partial charge in [0, 0.05) is 36.8 Å². The monoisotopic (exact) mass is 326 g/mol. The van der Waals surface area contributed by atoms with Gasteiger partial charge in [-0.3, -0.25) is 4.79 Å². The van der Waals surface area contributed by atoms with Gasteiger partial charge in [0.15, 0.2) is 0 Å². The second kappa shape index (κ2) is 6.70. The van der Waals surface area contributed by atoms with Crippen molar-refractivity contribution in [3.05, 3.63) is 23.3 Å². The third-order valence-corrected chi connectivity index (χ3v) is 5.04. The van der Waals surface area contributed by atoms with E-state index < -0.39 is 10.0 Å². The molecular formula is C14H22N4O3S. The van der Waals surface area contributed by atoms with E-state index in [2.05, 4.69) is 9.97 Å². The predicted molar refractivity (Wildman–Crippen MR) is 82.7 cm³/mol. The molecule has 0 saturated carbocycles. The lowest BCUT2D eigenvalue weighted by Gasteiger charge is -2.30. The van der Waals surface area contributed by atoms with Crippen LogP contribution < -0.4 is 5.73 Å². The lowest BCUT2D eigenvalue weighted by Crippen LogP contribution is -2.38. The van der Waals surface area contributed by atoms with E-state index in [9.17, 15) is 13.2 Å². The van der Waals surface area contributed by atoms with Crippen LogP contribution >= 0.6 is 0 Å². The second-order valence-corrected chi connectivity index (χ2v) is 7.77. The Morgan fingerprint density at radius 3 is 2.82 bits per heavy atom. The molecule has 1 atom stereocenters. The molecule has 1 aromatic rings. The summed E-state index contributed by atoms with van der Waals surface area (Å²) in [6.07, 6.45) is 3.62. The van der Waals surface area contributed by atoms with Crippen molar-refractivity contribution in [1.29, 1.82) is 0 Å². The average Bonchev–Trinajstić information content (AvgIpc) is 2.44. The molecule has 2 rings (SSSR count). The number of nitrogens with two attached hydrogens (primary N) is 1. The Morgan fingerprint density at radius 1 is 1.45 bits per heavy atom. The van der Waals surface area contributed by atoms with Crippen LogP contribution in [0.25, 0.3) is 0 Å². The summed E-state index contributed by atoms with van der Waals surface area (Å²) in [6.45, 7) is 2.84. The van der Waals surface area contributed by atoms with Crippen molar-refractivity contribution < 1.29 is 13.2 Å². The van der Waals surface area contributed by atoms with Gasteiger partial charge in [0.25, 0.3) is 0 Å². The van der Waals surface area contributed by atoms with Gasteiger partial charge in [-0.1, -0.05) is 0 Å². The molecule has 1 aromatic heterocycles. The van der Waals surface area contributed by atoms with E-state index in [0.29, 0.717) is 25.3 Å². The smallest absolute Gasteiger partial charge is 0.217 e. The van der Waals surface area contributed by atoms with E-state index in [1.165, 1.54) is 10.6 Å². The lowest BCUT2D eigenvalue weighted by atomic mass is 9.98. The summed E-state index contributed by atoms with van der Waals surface area (Å²) in [5.41, 5.74) is 6.77. The molecule has 1 unspecified atom stereocenters. The first-order valence-electron chi connectivity index (χ1n) is 7.33. The number of sulfonamides is 1. The van der Waals surface area contributed by atoms with Crippen molar-refractivity contribution in [2.45, 2.75) is 38.5 Å². The van der Waals surface area contributed by atoms with E-state index >= 15 is 0 Å². The highest BCUT2D eigenvalue weighted by molar-refractivity contribution is 7.88. The predicted octanol–water partition coefficient (Wildman–Crippen LogP) is 0.342. The number of aryl methyl sites for hydroxylation is 2. The number of amides is 1. The van der Waals surface area contributed by atoms with Crippen LogP contribution in [0, 0.1) is 6.92 Å². The largest absolute Gasteiger partial charge is 0.370 e. The number of primary amides is 1. The van der Waals surface area contributed by atoms with E-state index in [-0.39, 0.29) is 18.2 Å². The molecule has 0 spiro atoms. The minimum absolute atomic E-state index is 0.00398. The van der Waals surface area contributed by atoms with Crippen LogP contribution in [-0.2, 0) is 21.2 Å². The van der Waals surface area contributed by atoms with E-state index in [1.54, 1.807) is 0 Å². The molecule has 7 nitrogen and oxygen atoms in total. The fraction of sp³-hybridized carbons (Fsp3) is 0.643. The summed E-state index contributed by atoms with van der Waals surface area (Å²) in [4.78, 5) is 19.9. The zero-order valence-electron chi connectivity index (χ0n) is 12.9. The Kier molecular flexibility index (Phi) is 5.12. The fourth-order valence-electron chi connectivity index (χ4n) is 2.67. The number of piperidine rings is 1. The molecule has 1 aliphatic heterocycles. The average molecular weight is 326 g/mol. The first kappa shape index (κ1) is 16.8. The third-order valence-electron chi connectivity index (χ3n) is 3.77. The third kappa shape index (κ3) is 4.48. The SMILES string of the molecule is Cc1cc(CCC(N)=O)nc(C2CCCN(S(C)(=O)=O)C2)n1. The summed E-state index contributed by atoms with van der Waals surface area (Å²) in [5, 5.41) is 0. The van der Waals surface area contributed by atoms with Gasteiger partial charge in [0.1, 0.15) is 5.82 Å². The molecule has 22 heavy (non-hydrogen) atoms. The van der Waals surface area contributed by atoms with E-state index in [4.69, 9.17) is 5.73 Å². The zero-order valence-corrected chi connectivity index (χ0v) is 13.8. The number of carbonyl (C=O) groups is 1. The Balaban J connectivity index is 2.18. The van der Waals surface area contributed by atoms with Crippen molar-refractivity contribution in [1.82, 2.24) is 14.3 Å². The second-order valence-electron chi connectivity index (χ2n) is 5.79. The highest BCUT2D eigenvalue weighted by Gasteiger charge is 2.28. The molecule has 1 saturated heterocycles. The number of nitrogens with zero attached hydrogens (tertiary/aromatic N) is 3. The molecule has 0 aromatic carbocycles. The molecule has 8 heteroatoms. The molecule has 0 bridgehead atoms. The maximum absolute atomic E-state index is 11.7. The van der Waals surface area contributed by atoms with Crippen LogP contribution in [0.5, 0.6) is 0 Å². The first-order valence-corrected chi connectivity index (χ1v) is 9.18. The number of hydrogen-bond acceptors (Lipinski definition) is 5. The Hall–Kier alpha value is -1.54. The topological polar surface area (TPSA) is 106 Å². The van der Waals surface area contributed by atoms with Crippen molar-refractivity contribution in [2.75, 3.05) is 19.3 Å². The van der Waals surface area contributed by atoms with Crippen molar-refractivity contribution >= 4 is 15.9 Å². The highest BCUT2D eigenvalue weighted by atomic mass is 32.2. The van der Waals surface area contributed by atoms with Gasteiger partial charge in [-0.25, -0.2) is 22.7 Å². The fourth-order valence-corrected chi connectivity index (χ4v) is 3.59. The van der Waals surface area contributed by atoms with Crippen molar-refractivity contribution in [3.8, 4) is 0 Å². The summed E-state index contributed by atoms with van der Waals surface area (Å²) in [5.74, 6) is 0.294. The molecular weight excluding hydrogens is 304 g/mol. The summed E-state index contributed by atoms with van der Waals surface area (Å²) >= 11 is 0. The highest BCUT2D eigenvalue weighted by Crippen LogP contribution is 2.26. The lowest BCUT2D eigenvalue weighted by molar-refractivity contribution is -0.118. The van der Waals surface area contributed by atoms with E-state index in [0.717, 1.165) is 24.2 Å². The molecule has 2 N–H and O–H groups in total. The Morgan fingerprint density at radius 2 is 2.18 bits per heavy atom. The molecule has 1 fully saturated rings. The van der Waals surface area contributed by atoms with Gasteiger partial charge in [-0.15, -0.1) is 0 Å². The Bertz CT molecular complexity index is 660. The van der Waals surface area contributed by atoms with E-state index in [1.807, 2.05) is 13.0 Å². The number of rotatable bonds is 5. The number of aromatic nitrogens is 2. The number of carbonyl (C=O) groups excluding carboxylic acids is 1. The van der Waals surface area contributed by atoms with Gasteiger partial charge in [0.2, 0.25) is 15.9 Å². The maximum Gasteiger partial charge on any atom is 0.217 e. The molecule has 1 aliphatic rings. The van der Waals surface area contributed by atoms with Crippen LogP contribution in [0.1, 0.15) is 42.4 Å².